The number of rotatable bonds is 6. The normalized spacial score (nSPS) is 12.2. The van der Waals surface area contributed by atoms with Crippen LogP contribution >= 0.6 is 0 Å². The molecule has 0 aromatic carbocycles. The standard InChI is InChI=1S/C13H17N/c1-5-8-10-13(9-6-2)12(4)14-11-7-3/h5-9,11H,2-4,10H2,1H3/b8-5?,13-9+,14-11?. The van der Waals surface area contributed by atoms with Gasteiger partial charge in [0.25, 0.3) is 0 Å². The van der Waals surface area contributed by atoms with E-state index in [1.54, 1.807) is 18.4 Å². The summed E-state index contributed by atoms with van der Waals surface area (Å²) in [4.78, 5) is 4.13. The van der Waals surface area contributed by atoms with Crippen LogP contribution < -0.4 is 0 Å². The van der Waals surface area contributed by atoms with E-state index < -0.39 is 0 Å². The van der Waals surface area contributed by atoms with Gasteiger partial charge in [-0.1, -0.05) is 50.1 Å². The van der Waals surface area contributed by atoms with E-state index in [1.165, 1.54) is 0 Å². The molecule has 0 unspecified atom stereocenters. The van der Waals surface area contributed by atoms with E-state index in [4.69, 9.17) is 0 Å². The highest BCUT2D eigenvalue weighted by atomic mass is 14.7. The molecular weight excluding hydrogens is 170 g/mol. The van der Waals surface area contributed by atoms with E-state index in [0.717, 1.165) is 17.7 Å². The van der Waals surface area contributed by atoms with E-state index >= 15 is 0 Å². The van der Waals surface area contributed by atoms with Gasteiger partial charge in [-0.2, -0.15) is 0 Å². The summed E-state index contributed by atoms with van der Waals surface area (Å²) in [7, 11) is 0. The van der Waals surface area contributed by atoms with Crippen LogP contribution in [0.15, 0.2) is 66.4 Å². The molecule has 0 N–H and O–H groups in total. The van der Waals surface area contributed by atoms with Gasteiger partial charge < -0.3 is 0 Å². The van der Waals surface area contributed by atoms with Crippen LogP contribution in [0.5, 0.6) is 0 Å². The lowest BCUT2D eigenvalue weighted by molar-refractivity contribution is 1.19. The predicted molar refractivity (Wildman–Crippen MR) is 65.5 cm³/mol. The smallest absolute Gasteiger partial charge is 0.0592 e. The number of allylic oxidation sites excluding steroid dienone is 6. The van der Waals surface area contributed by atoms with E-state index in [2.05, 4.69) is 30.8 Å². The van der Waals surface area contributed by atoms with Crippen LogP contribution in [0.1, 0.15) is 13.3 Å². The van der Waals surface area contributed by atoms with Gasteiger partial charge in [-0.25, -0.2) is 0 Å². The number of hydrogen-bond donors (Lipinski definition) is 0. The summed E-state index contributed by atoms with van der Waals surface area (Å²) < 4.78 is 0. The van der Waals surface area contributed by atoms with Crippen LogP contribution in [0.3, 0.4) is 0 Å². The molecule has 0 saturated carbocycles. The topological polar surface area (TPSA) is 12.4 Å². The Bertz CT molecular complexity index is 290. The molecule has 74 valence electrons. The van der Waals surface area contributed by atoms with Crippen LogP contribution in [0.4, 0.5) is 0 Å². The maximum Gasteiger partial charge on any atom is 0.0592 e. The highest BCUT2D eigenvalue weighted by molar-refractivity contribution is 5.71. The number of hydrogen-bond acceptors (Lipinski definition) is 1. The highest BCUT2D eigenvalue weighted by Gasteiger charge is 1.96. The monoisotopic (exact) mass is 187 g/mol. The molecule has 0 fully saturated rings. The summed E-state index contributed by atoms with van der Waals surface area (Å²) in [5, 5.41) is 0. The first kappa shape index (κ1) is 12.4. The molecule has 0 aliphatic carbocycles. The van der Waals surface area contributed by atoms with Gasteiger partial charge in [0.15, 0.2) is 0 Å². The maximum atomic E-state index is 4.13. The van der Waals surface area contributed by atoms with E-state index in [0.29, 0.717) is 0 Å². The zero-order valence-corrected chi connectivity index (χ0v) is 8.74. The fourth-order valence-electron chi connectivity index (χ4n) is 0.895. The van der Waals surface area contributed by atoms with Crippen molar-refractivity contribution in [1.29, 1.82) is 0 Å². The minimum absolute atomic E-state index is 0.753. The summed E-state index contributed by atoms with van der Waals surface area (Å²) in [5.74, 6) is 0. The molecule has 1 nitrogen and oxygen atoms in total. The molecule has 0 spiro atoms. The summed E-state index contributed by atoms with van der Waals surface area (Å²) in [5.41, 5.74) is 1.82. The Morgan fingerprint density at radius 2 is 2.00 bits per heavy atom. The van der Waals surface area contributed by atoms with Gasteiger partial charge in [-0.3, -0.25) is 4.99 Å². The van der Waals surface area contributed by atoms with Crippen molar-refractivity contribution in [3.63, 3.8) is 0 Å². The van der Waals surface area contributed by atoms with Gasteiger partial charge in [0.05, 0.1) is 5.70 Å². The molecule has 0 aromatic heterocycles. The molecule has 14 heavy (non-hydrogen) atoms. The Hall–Kier alpha value is -1.63. The van der Waals surface area contributed by atoms with Crippen molar-refractivity contribution in [2.45, 2.75) is 13.3 Å². The second kappa shape index (κ2) is 7.99. The van der Waals surface area contributed by atoms with Gasteiger partial charge in [0, 0.05) is 6.21 Å². The third-order valence-electron chi connectivity index (χ3n) is 1.60. The Kier molecular flexibility index (Phi) is 7.06. The lowest BCUT2D eigenvalue weighted by Gasteiger charge is -2.01. The van der Waals surface area contributed by atoms with Gasteiger partial charge >= 0.3 is 0 Å². The lowest BCUT2D eigenvalue weighted by Crippen LogP contribution is -1.84. The molecule has 0 aliphatic rings. The van der Waals surface area contributed by atoms with Gasteiger partial charge in [-0.15, -0.1) is 0 Å². The first-order chi connectivity index (χ1) is 6.76. The molecule has 0 amide bonds. The van der Waals surface area contributed by atoms with E-state index in [9.17, 15) is 0 Å². The summed E-state index contributed by atoms with van der Waals surface area (Å²) >= 11 is 0. The Balaban J connectivity index is 4.57. The van der Waals surface area contributed by atoms with Crippen molar-refractivity contribution in [3.05, 3.63) is 61.4 Å². The molecule has 0 radical (unpaired) electrons. The van der Waals surface area contributed by atoms with Crippen LogP contribution in [0, 0.1) is 0 Å². The first-order valence-corrected chi connectivity index (χ1v) is 4.53. The zero-order valence-electron chi connectivity index (χ0n) is 8.74. The fraction of sp³-hybridized carbons (Fsp3) is 0.154. The average Bonchev–Trinajstić information content (AvgIpc) is 2.20. The predicted octanol–water partition coefficient (Wildman–Crippen LogP) is 3.84. The fourth-order valence-corrected chi connectivity index (χ4v) is 0.895. The first-order valence-electron chi connectivity index (χ1n) is 4.53. The van der Waals surface area contributed by atoms with E-state index in [1.807, 2.05) is 19.1 Å². The third-order valence-corrected chi connectivity index (χ3v) is 1.60. The van der Waals surface area contributed by atoms with Crippen LogP contribution in [-0.2, 0) is 0 Å². The molecule has 0 aromatic rings. The second-order valence-electron chi connectivity index (χ2n) is 2.66. The van der Waals surface area contributed by atoms with Crippen molar-refractivity contribution in [2.24, 2.45) is 4.99 Å². The maximum absolute atomic E-state index is 4.13. The Morgan fingerprint density at radius 3 is 2.50 bits per heavy atom. The SMILES string of the molecule is C=CC=NC(=C)/C(=C/C=C)CC=CC. The minimum atomic E-state index is 0.753. The van der Waals surface area contributed by atoms with E-state index in [-0.39, 0.29) is 0 Å². The van der Waals surface area contributed by atoms with Crippen LogP contribution in [0.25, 0.3) is 0 Å². The van der Waals surface area contributed by atoms with Crippen molar-refractivity contribution < 1.29 is 0 Å². The van der Waals surface area contributed by atoms with Crippen molar-refractivity contribution in [2.75, 3.05) is 0 Å². The van der Waals surface area contributed by atoms with Gasteiger partial charge in [-0.05, 0) is 18.9 Å². The van der Waals surface area contributed by atoms with Gasteiger partial charge in [0.1, 0.15) is 0 Å². The van der Waals surface area contributed by atoms with Crippen molar-refractivity contribution >= 4 is 6.21 Å². The molecule has 0 aliphatic heterocycles. The number of nitrogens with zero attached hydrogens (tertiary/aromatic N) is 1. The average molecular weight is 187 g/mol. The molecule has 1 heteroatoms. The lowest BCUT2D eigenvalue weighted by atomic mass is 10.1. The highest BCUT2D eigenvalue weighted by Crippen LogP contribution is 2.14. The van der Waals surface area contributed by atoms with Gasteiger partial charge in [0.2, 0.25) is 0 Å². The summed E-state index contributed by atoms with van der Waals surface area (Å²) in [6, 6.07) is 0. The molecular formula is C13H17N. The quantitative estimate of drug-likeness (QED) is 0.340. The van der Waals surface area contributed by atoms with Crippen molar-refractivity contribution in [1.82, 2.24) is 0 Å². The zero-order chi connectivity index (χ0) is 10.8. The molecule has 0 atom stereocenters. The molecule has 0 saturated heterocycles. The van der Waals surface area contributed by atoms with Crippen molar-refractivity contribution in [3.8, 4) is 0 Å². The Labute approximate surface area is 86.6 Å². The molecule has 0 heterocycles. The summed E-state index contributed by atoms with van der Waals surface area (Å²) in [6.45, 7) is 13.1. The largest absolute Gasteiger partial charge is 0.257 e. The summed E-state index contributed by atoms with van der Waals surface area (Å²) in [6.07, 6.45) is 11.8. The molecule has 0 bridgehead atoms. The molecule has 0 rings (SSSR count). The minimum Gasteiger partial charge on any atom is -0.257 e. The van der Waals surface area contributed by atoms with Crippen LogP contribution in [0.2, 0.25) is 0 Å². The van der Waals surface area contributed by atoms with Crippen LogP contribution in [-0.4, -0.2) is 6.21 Å². The number of aliphatic imine (C=N–C) groups is 1. The third kappa shape index (κ3) is 5.09. The Morgan fingerprint density at radius 1 is 1.29 bits per heavy atom. The second-order valence-corrected chi connectivity index (χ2v) is 2.66.